The fourth-order valence-electron chi connectivity index (χ4n) is 15.0. The van der Waals surface area contributed by atoms with E-state index in [1.54, 1.807) is 0 Å². The molecule has 19 heteroatoms. The zero-order chi connectivity index (χ0) is 49.8. The first kappa shape index (κ1) is 52.0. The third kappa shape index (κ3) is 8.28. The summed E-state index contributed by atoms with van der Waals surface area (Å²) in [4.78, 5) is 39.9. The Balaban J connectivity index is 1.03. The molecule has 4 saturated carbocycles. The molecule has 3 aliphatic heterocycles. The predicted molar refractivity (Wildman–Crippen MR) is 234 cm³/mol. The molecule has 9 N–H and O–H groups in total. The molecule has 7 fully saturated rings. The van der Waals surface area contributed by atoms with E-state index in [2.05, 4.69) is 54.5 Å². The van der Waals surface area contributed by atoms with Gasteiger partial charge in [-0.3, -0.25) is 9.59 Å². The van der Waals surface area contributed by atoms with Crippen LogP contribution >= 0.6 is 0 Å². The highest BCUT2D eigenvalue weighted by Crippen LogP contribution is 2.76. The quantitative estimate of drug-likeness (QED) is 0.0897. The molecule has 386 valence electrons. The summed E-state index contributed by atoms with van der Waals surface area (Å²) < 4.78 is 41.0. The molecule has 3 heterocycles. The molecule has 0 aromatic carbocycles. The van der Waals surface area contributed by atoms with Crippen LogP contribution in [0.25, 0.3) is 0 Å². The maximum Gasteiger partial charge on any atom is 0.335 e. The van der Waals surface area contributed by atoms with E-state index in [1.165, 1.54) is 5.57 Å². The standard InChI is InChI=1S/C49H76O19/c1-22(51)63-37-35(58)36(66-40-33(56)30(53)25(52)21-62-40)38(39(59)60)67-42(37)65-29-12-13-46(6)27(45(29,4)5)11-14-48(8)28(46)10-9-23-24-19-44(2,3)15-17-49(24,18-16-47(23,48)7)43(61)68-41-34(57)32(55)31(54)26(20-50)64-41/h9,24-38,40-42,50,52-58H,10-21H2,1-8H3,(H,59,60). The largest absolute Gasteiger partial charge is 0.479 e. The Kier molecular flexibility index (Phi) is 14.0. The summed E-state index contributed by atoms with van der Waals surface area (Å²) in [5.74, 6) is -2.67. The average molecular weight is 969 g/mol. The third-order valence-electron chi connectivity index (χ3n) is 19.2. The lowest BCUT2D eigenvalue weighted by molar-refractivity contribution is -0.355. The van der Waals surface area contributed by atoms with Crippen molar-refractivity contribution in [1.29, 1.82) is 0 Å². The predicted octanol–water partition coefficient (Wildman–Crippen LogP) is 1.44. The van der Waals surface area contributed by atoms with Gasteiger partial charge in [-0.2, -0.15) is 0 Å². The summed E-state index contributed by atoms with van der Waals surface area (Å²) in [6, 6.07) is 0. The number of esters is 2. The Morgan fingerprint density at radius 2 is 1.38 bits per heavy atom. The molecular weight excluding hydrogens is 893 g/mol. The number of carbonyl (C=O) groups excluding carboxylic acids is 2. The molecule has 8 rings (SSSR count). The van der Waals surface area contributed by atoms with E-state index in [9.17, 15) is 60.3 Å². The molecule has 3 saturated heterocycles. The summed E-state index contributed by atoms with van der Waals surface area (Å²) in [5, 5.41) is 94.3. The first-order chi connectivity index (χ1) is 31.7. The first-order valence-electron chi connectivity index (χ1n) is 24.6. The number of aliphatic hydroxyl groups is 8. The van der Waals surface area contributed by atoms with Crippen molar-refractivity contribution in [2.75, 3.05) is 13.2 Å². The molecule has 0 bridgehead atoms. The number of aliphatic hydroxyl groups excluding tert-OH is 8. The molecule has 0 spiro atoms. The van der Waals surface area contributed by atoms with Gasteiger partial charge < -0.3 is 79.1 Å². The minimum Gasteiger partial charge on any atom is -0.479 e. The molecule has 22 atom stereocenters. The number of hydrogen-bond acceptors (Lipinski definition) is 18. The second kappa shape index (κ2) is 18.3. The number of ether oxygens (including phenoxy) is 7. The topological polar surface area (TPSA) is 298 Å². The van der Waals surface area contributed by atoms with Crippen molar-refractivity contribution in [1.82, 2.24) is 0 Å². The van der Waals surface area contributed by atoms with Gasteiger partial charge in [0, 0.05) is 6.92 Å². The number of hydrogen-bond donors (Lipinski definition) is 9. The van der Waals surface area contributed by atoms with Crippen LogP contribution in [0.3, 0.4) is 0 Å². The van der Waals surface area contributed by atoms with Crippen molar-refractivity contribution in [3.63, 3.8) is 0 Å². The van der Waals surface area contributed by atoms with Crippen molar-refractivity contribution in [3.8, 4) is 0 Å². The van der Waals surface area contributed by atoms with Gasteiger partial charge in [0.25, 0.3) is 0 Å². The summed E-state index contributed by atoms with van der Waals surface area (Å²) in [7, 11) is 0. The van der Waals surface area contributed by atoms with Gasteiger partial charge in [0.05, 0.1) is 24.7 Å². The zero-order valence-corrected chi connectivity index (χ0v) is 40.6. The second-order valence-corrected chi connectivity index (χ2v) is 23.6. The number of allylic oxidation sites excluding steroid dienone is 2. The number of carboxylic acid groups (broad SMARTS) is 1. The average Bonchev–Trinajstić information content (AvgIpc) is 3.26. The number of carboxylic acids is 1. The van der Waals surface area contributed by atoms with Gasteiger partial charge >= 0.3 is 17.9 Å². The molecule has 0 aromatic rings. The minimum absolute atomic E-state index is 0.0776. The Hall–Kier alpha value is -2.37. The van der Waals surface area contributed by atoms with E-state index >= 15 is 0 Å². The summed E-state index contributed by atoms with van der Waals surface area (Å²) in [6.45, 7) is 15.9. The number of rotatable bonds is 9. The summed E-state index contributed by atoms with van der Waals surface area (Å²) in [5.41, 5.74) is -0.956. The highest BCUT2D eigenvalue weighted by molar-refractivity contribution is 5.79. The molecule has 0 radical (unpaired) electrons. The van der Waals surface area contributed by atoms with Gasteiger partial charge in [-0.25, -0.2) is 4.79 Å². The van der Waals surface area contributed by atoms with E-state index in [-0.39, 0.29) is 39.4 Å². The van der Waals surface area contributed by atoms with E-state index in [0.717, 1.165) is 45.4 Å². The molecule has 8 aliphatic rings. The lowest BCUT2D eigenvalue weighted by Crippen LogP contribution is -2.67. The smallest absolute Gasteiger partial charge is 0.335 e. The fourth-order valence-corrected chi connectivity index (χ4v) is 15.0. The highest BCUT2D eigenvalue weighted by atomic mass is 16.8. The normalized spacial score (nSPS) is 50.8. The van der Waals surface area contributed by atoms with Crippen molar-refractivity contribution in [3.05, 3.63) is 11.6 Å². The van der Waals surface area contributed by atoms with E-state index in [1.807, 2.05) is 0 Å². The van der Waals surface area contributed by atoms with E-state index in [4.69, 9.17) is 33.2 Å². The summed E-state index contributed by atoms with van der Waals surface area (Å²) >= 11 is 0. The lowest BCUT2D eigenvalue weighted by Gasteiger charge is -2.71. The Bertz CT molecular complexity index is 1940. The maximum atomic E-state index is 14.7. The monoisotopic (exact) mass is 968 g/mol. The van der Waals surface area contributed by atoms with Crippen LogP contribution in [0, 0.1) is 50.2 Å². The SMILES string of the molecule is CC(=O)OC1C(OC2CCC3(C)C(CCC4(C)C3CC=C3C5CC(C)(C)CCC5(C(=O)OC5OC(CO)C(O)C(O)C5O)CCC34C)C2(C)C)OC(C(=O)O)C(OC2OCC(O)C(O)C2O)C1O. The highest BCUT2D eigenvalue weighted by Gasteiger charge is 2.70. The molecular formula is C49H76O19. The van der Waals surface area contributed by atoms with Gasteiger partial charge in [0.15, 0.2) is 24.8 Å². The van der Waals surface area contributed by atoms with Crippen molar-refractivity contribution >= 4 is 17.9 Å². The molecule has 5 aliphatic carbocycles. The van der Waals surface area contributed by atoms with Gasteiger partial charge in [0.1, 0.15) is 54.9 Å². The van der Waals surface area contributed by atoms with Gasteiger partial charge in [-0.15, -0.1) is 0 Å². The van der Waals surface area contributed by atoms with E-state index in [0.29, 0.717) is 25.7 Å². The Morgan fingerprint density at radius 3 is 2.04 bits per heavy atom. The van der Waals surface area contributed by atoms with Crippen LogP contribution in [0.5, 0.6) is 0 Å². The van der Waals surface area contributed by atoms with Crippen molar-refractivity contribution in [2.24, 2.45) is 50.2 Å². The van der Waals surface area contributed by atoms with Crippen LogP contribution in [0.1, 0.15) is 120 Å². The third-order valence-corrected chi connectivity index (χ3v) is 19.2. The Labute approximate surface area is 397 Å². The lowest BCUT2D eigenvalue weighted by atomic mass is 9.33. The van der Waals surface area contributed by atoms with Gasteiger partial charge in [-0.05, 0) is 109 Å². The van der Waals surface area contributed by atoms with Crippen LogP contribution in [0.2, 0.25) is 0 Å². The van der Waals surface area contributed by atoms with Crippen LogP contribution in [0.15, 0.2) is 11.6 Å². The maximum absolute atomic E-state index is 14.7. The molecule has 19 nitrogen and oxygen atoms in total. The minimum atomic E-state index is -1.88. The van der Waals surface area contributed by atoms with Gasteiger partial charge in [-0.1, -0.05) is 60.1 Å². The summed E-state index contributed by atoms with van der Waals surface area (Å²) in [6.07, 6.45) is -13.9. The fraction of sp³-hybridized carbons (Fsp3) is 0.898. The van der Waals surface area contributed by atoms with Gasteiger partial charge in [0.2, 0.25) is 6.29 Å². The number of fused-ring (bicyclic) bond motifs is 7. The number of carbonyl (C=O) groups is 3. The van der Waals surface area contributed by atoms with Crippen LogP contribution in [-0.4, -0.2) is 169 Å². The molecule has 22 unspecified atom stereocenters. The van der Waals surface area contributed by atoms with Crippen molar-refractivity contribution < 1.29 is 93.5 Å². The van der Waals surface area contributed by atoms with Crippen LogP contribution in [0.4, 0.5) is 0 Å². The second-order valence-electron chi connectivity index (χ2n) is 23.6. The first-order valence-corrected chi connectivity index (χ1v) is 24.6. The molecule has 68 heavy (non-hydrogen) atoms. The molecule has 0 amide bonds. The van der Waals surface area contributed by atoms with Crippen molar-refractivity contribution in [2.45, 2.75) is 212 Å². The molecule has 0 aromatic heterocycles. The number of aliphatic carboxylic acids is 1. The zero-order valence-electron chi connectivity index (χ0n) is 40.6. The van der Waals surface area contributed by atoms with Crippen LogP contribution < -0.4 is 0 Å². The van der Waals surface area contributed by atoms with E-state index < -0.39 is 134 Å². The Morgan fingerprint density at radius 1 is 0.706 bits per heavy atom. The van der Waals surface area contributed by atoms with Crippen LogP contribution in [-0.2, 0) is 47.5 Å².